The summed E-state index contributed by atoms with van der Waals surface area (Å²) in [6.07, 6.45) is -0.0565. The molecule has 3 rings (SSSR count). The van der Waals surface area contributed by atoms with Crippen molar-refractivity contribution in [3.63, 3.8) is 0 Å². The van der Waals surface area contributed by atoms with E-state index in [9.17, 15) is 31.5 Å². The largest absolute Gasteiger partial charge is 0.417 e. The van der Waals surface area contributed by atoms with Gasteiger partial charge in [-0.15, -0.1) is 0 Å². The molecule has 1 saturated heterocycles. The molecule has 42 heavy (non-hydrogen) atoms. The topological polar surface area (TPSA) is 108 Å². The van der Waals surface area contributed by atoms with Crippen LogP contribution in [0.4, 0.5) is 13.2 Å². The van der Waals surface area contributed by atoms with Gasteiger partial charge in [-0.1, -0.05) is 31.9 Å². The van der Waals surface area contributed by atoms with Crippen molar-refractivity contribution >= 4 is 21.6 Å². The van der Waals surface area contributed by atoms with Gasteiger partial charge in [0.2, 0.25) is 15.9 Å². The highest BCUT2D eigenvalue weighted by Crippen LogP contribution is 2.38. The van der Waals surface area contributed by atoms with Gasteiger partial charge in [0, 0.05) is 41.8 Å². The number of hydrogen-bond acceptors (Lipinski definition) is 6. The predicted molar refractivity (Wildman–Crippen MR) is 156 cm³/mol. The number of carbonyl (C=O) groups is 1. The van der Waals surface area contributed by atoms with Gasteiger partial charge in [0.15, 0.2) is 0 Å². The summed E-state index contributed by atoms with van der Waals surface area (Å²) >= 11 is 0. The van der Waals surface area contributed by atoms with Crippen LogP contribution in [-0.4, -0.2) is 61.3 Å². The molecule has 0 atom stereocenters. The van der Waals surface area contributed by atoms with Gasteiger partial charge in [0.05, 0.1) is 22.6 Å². The molecule has 1 aromatic carbocycles. The Morgan fingerprint density at radius 3 is 2.26 bits per heavy atom. The molecule has 1 aliphatic heterocycles. The van der Waals surface area contributed by atoms with Gasteiger partial charge in [-0.05, 0) is 78.0 Å². The van der Waals surface area contributed by atoms with Gasteiger partial charge in [0.25, 0.3) is 0 Å². The number of alkyl halides is 3. The number of carbonyl (C=O) groups excluding carboxylic acids is 1. The summed E-state index contributed by atoms with van der Waals surface area (Å²) in [6.45, 7) is 13.1. The second-order valence-corrected chi connectivity index (χ2v) is 14.1. The highest BCUT2D eigenvalue weighted by Gasteiger charge is 2.39. The first-order valence-corrected chi connectivity index (χ1v) is 15.8. The molecule has 1 aliphatic carbocycles. The first-order valence-electron chi connectivity index (χ1n) is 14.3. The number of halogens is 3. The van der Waals surface area contributed by atoms with Crippen LogP contribution in [0.15, 0.2) is 40.9 Å². The molecule has 0 aromatic heterocycles. The minimum absolute atomic E-state index is 0.0204. The van der Waals surface area contributed by atoms with E-state index in [0.717, 1.165) is 31.4 Å². The Morgan fingerprint density at radius 1 is 1.12 bits per heavy atom. The summed E-state index contributed by atoms with van der Waals surface area (Å²) in [6, 6.07) is 2.91. The molecule has 12 heteroatoms. The number of aliphatic hydroxyl groups is 1. The van der Waals surface area contributed by atoms with Gasteiger partial charge >= 0.3 is 6.18 Å². The van der Waals surface area contributed by atoms with E-state index in [1.165, 1.54) is 26.8 Å². The second kappa shape index (κ2) is 13.1. The molecule has 1 amide bonds. The third kappa shape index (κ3) is 8.81. The van der Waals surface area contributed by atoms with E-state index in [1.54, 1.807) is 18.7 Å². The number of benzene rings is 1. The van der Waals surface area contributed by atoms with Crippen LogP contribution in [-0.2, 0) is 25.7 Å². The smallest absolute Gasteiger partial charge is 0.388 e. The van der Waals surface area contributed by atoms with Crippen molar-refractivity contribution in [1.82, 2.24) is 14.9 Å². The molecule has 3 N–H and O–H groups in total. The van der Waals surface area contributed by atoms with Crippen molar-refractivity contribution in [2.45, 2.75) is 108 Å². The Labute approximate surface area is 247 Å². The number of sulfonamides is 1. The van der Waals surface area contributed by atoms with Gasteiger partial charge in [0.1, 0.15) is 0 Å². The van der Waals surface area contributed by atoms with Gasteiger partial charge < -0.3 is 20.1 Å². The highest BCUT2D eigenvalue weighted by molar-refractivity contribution is 7.89. The highest BCUT2D eigenvalue weighted by atomic mass is 32.2. The Bertz CT molecular complexity index is 1290. The summed E-state index contributed by atoms with van der Waals surface area (Å²) in [5, 5.41) is 14.4. The van der Waals surface area contributed by atoms with E-state index in [2.05, 4.69) is 16.6 Å². The van der Waals surface area contributed by atoms with Crippen molar-refractivity contribution in [2.75, 3.05) is 19.8 Å². The normalized spacial score (nSPS) is 19.2. The van der Waals surface area contributed by atoms with Crippen molar-refractivity contribution in [3.05, 3.63) is 47.2 Å². The molecular formula is C30H44F3N3O5S. The van der Waals surface area contributed by atoms with Crippen molar-refractivity contribution in [2.24, 2.45) is 0 Å². The molecule has 0 unspecified atom stereocenters. The van der Waals surface area contributed by atoms with Crippen LogP contribution in [0.1, 0.15) is 90.7 Å². The quantitative estimate of drug-likeness (QED) is 0.324. The van der Waals surface area contributed by atoms with E-state index in [1.807, 2.05) is 0 Å². The number of nitrogens with one attached hydrogen (secondary N) is 2. The van der Waals surface area contributed by atoms with E-state index in [-0.39, 0.29) is 29.8 Å². The summed E-state index contributed by atoms with van der Waals surface area (Å²) in [5.41, 5.74) is -2.55. The zero-order valence-corrected chi connectivity index (χ0v) is 26.0. The van der Waals surface area contributed by atoms with Crippen LogP contribution >= 0.6 is 0 Å². The Balaban J connectivity index is 2.05. The Morgan fingerprint density at radius 2 is 1.71 bits per heavy atom. The van der Waals surface area contributed by atoms with Crippen LogP contribution in [0.25, 0.3) is 5.70 Å². The number of hydrogen-bond donors (Lipinski definition) is 3. The van der Waals surface area contributed by atoms with E-state index < -0.39 is 37.8 Å². The molecule has 1 heterocycles. The van der Waals surface area contributed by atoms with E-state index >= 15 is 0 Å². The first-order chi connectivity index (χ1) is 19.3. The molecule has 8 nitrogen and oxygen atoms in total. The van der Waals surface area contributed by atoms with Crippen LogP contribution in [0.3, 0.4) is 0 Å². The summed E-state index contributed by atoms with van der Waals surface area (Å²) in [4.78, 5) is 13.9. The monoisotopic (exact) mass is 615 g/mol. The lowest BCUT2D eigenvalue weighted by Gasteiger charge is -2.39. The maximum atomic E-state index is 14.3. The van der Waals surface area contributed by atoms with E-state index in [4.69, 9.17) is 4.74 Å². The Kier molecular flexibility index (Phi) is 10.6. The average molecular weight is 616 g/mol. The first kappa shape index (κ1) is 34.1. The zero-order chi connectivity index (χ0) is 31.5. The minimum Gasteiger partial charge on any atom is -0.388 e. The van der Waals surface area contributed by atoms with Crippen LogP contribution in [0, 0.1) is 0 Å². The SMILES string of the molecule is C=C(c1ccc(S(=O)(=O)NC(C)(C)C)c(C(F)(F)F)c1)N(CC1(O)CCCCC1)C(C)=C(C)C(=O)NC1CCOCC1. The zero-order valence-electron chi connectivity index (χ0n) is 25.2. The molecule has 236 valence electrons. The lowest BCUT2D eigenvalue weighted by Crippen LogP contribution is -2.44. The molecule has 0 bridgehead atoms. The number of amides is 1. The number of allylic oxidation sites excluding steroid dienone is 1. The number of ether oxygens (including phenoxy) is 1. The fraction of sp³-hybridized carbons (Fsp3) is 0.633. The van der Waals surface area contributed by atoms with Crippen LogP contribution in [0.5, 0.6) is 0 Å². The predicted octanol–water partition coefficient (Wildman–Crippen LogP) is 5.34. The summed E-state index contributed by atoms with van der Waals surface area (Å²) in [5.74, 6) is -0.321. The summed E-state index contributed by atoms with van der Waals surface area (Å²) < 4.78 is 76.3. The number of nitrogens with zero attached hydrogens (tertiary/aromatic N) is 1. The molecule has 0 radical (unpaired) electrons. The number of rotatable bonds is 9. The van der Waals surface area contributed by atoms with Gasteiger partial charge in [-0.3, -0.25) is 4.79 Å². The standard InChI is InChI=1S/C30H44F3N3O5S/c1-20(27(37)34-24-12-16-41-17-13-24)21(2)36(19-29(38)14-8-7-9-15-29)22(3)23-10-11-26(25(18-23)30(31,32)33)42(39,40)35-28(4,5)6/h10-11,18,24,35,38H,3,7-9,12-17,19H2,1-2,4-6H3,(H,34,37). The molecule has 2 aliphatic rings. The van der Waals surface area contributed by atoms with Crippen molar-refractivity contribution in [3.8, 4) is 0 Å². The lowest BCUT2D eigenvalue weighted by molar-refractivity contribution is -0.140. The average Bonchev–Trinajstić information content (AvgIpc) is 2.89. The molecular weight excluding hydrogens is 571 g/mol. The lowest BCUT2D eigenvalue weighted by atomic mass is 9.84. The fourth-order valence-corrected chi connectivity index (χ4v) is 6.99. The van der Waals surface area contributed by atoms with Crippen molar-refractivity contribution in [1.29, 1.82) is 0 Å². The molecule has 1 aromatic rings. The van der Waals surface area contributed by atoms with Crippen molar-refractivity contribution < 1.29 is 36.2 Å². The maximum Gasteiger partial charge on any atom is 0.417 e. The molecule has 0 spiro atoms. The molecule has 2 fully saturated rings. The molecule has 1 saturated carbocycles. The van der Waals surface area contributed by atoms with Crippen LogP contribution < -0.4 is 10.0 Å². The van der Waals surface area contributed by atoms with Gasteiger partial charge in [-0.25, -0.2) is 13.1 Å². The van der Waals surface area contributed by atoms with E-state index in [0.29, 0.717) is 50.2 Å². The second-order valence-electron chi connectivity index (χ2n) is 12.5. The third-order valence-electron chi connectivity index (χ3n) is 7.76. The van der Waals surface area contributed by atoms with Gasteiger partial charge in [-0.2, -0.15) is 13.2 Å². The maximum absolute atomic E-state index is 14.3. The van der Waals surface area contributed by atoms with Crippen LogP contribution in [0.2, 0.25) is 0 Å². The summed E-state index contributed by atoms with van der Waals surface area (Å²) in [7, 11) is -4.51. The minimum atomic E-state index is -4.98. The Hall–Kier alpha value is -2.41. The third-order valence-corrected chi connectivity index (χ3v) is 9.57. The fourth-order valence-electron chi connectivity index (χ4n) is 5.36.